The molecule has 1 N–H and O–H groups in total. The average Bonchev–Trinajstić information content (AvgIpc) is 2.25. The minimum atomic E-state index is -0.635. The van der Waals surface area contributed by atoms with Gasteiger partial charge < -0.3 is 5.11 Å². The minimum absolute atomic E-state index is 0.476. The molecule has 70 valence electrons. The van der Waals surface area contributed by atoms with Crippen LogP contribution in [-0.4, -0.2) is 11.2 Å². The third-order valence-electron chi connectivity index (χ3n) is 1.64. The molecule has 14 heavy (non-hydrogen) atoms. The molecule has 0 fully saturated rings. The zero-order chi connectivity index (χ0) is 10.2. The molecule has 0 aliphatic heterocycles. The maximum atomic E-state index is 9.37. The second-order valence-electron chi connectivity index (χ2n) is 2.80. The number of rotatable bonds is 2. The van der Waals surface area contributed by atoms with Crippen LogP contribution in [0.1, 0.15) is 12.0 Å². The average molecular weight is 184 g/mol. The van der Waals surface area contributed by atoms with Crippen LogP contribution in [0.2, 0.25) is 0 Å². The lowest BCUT2D eigenvalue weighted by Gasteiger charge is -1.95. The van der Waals surface area contributed by atoms with E-state index in [1.165, 1.54) is 0 Å². The van der Waals surface area contributed by atoms with Crippen LogP contribution < -0.4 is 0 Å². The Hall–Kier alpha value is -1.74. The number of aliphatic hydroxyl groups is 1. The van der Waals surface area contributed by atoms with Gasteiger partial charge in [-0.1, -0.05) is 36.6 Å². The maximum Gasteiger partial charge on any atom is 0.119 e. The third kappa shape index (κ3) is 3.78. The molecule has 0 bridgehead atoms. The molecule has 0 aliphatic rings. The van der Waals surface area contributed by atoms with Crippen molar-refractivity contribution in [3.05, 3.63) is 54.3 Å². The van der Waals surface area contributed by atoms with E-state index in [0.29, 0.717) is 6.42 Å². The second-order valence-corrected chi connectivity index (χ2v) is 2.80. The third-order valence-corrected chi connectivity index (χ3v) is 1.64. The van der Waals surface area contributed by atoms with Crippen molar-refractivity contribution in [1.82, 2.24) is 0 Å². The molecule has 0 amide bonds. The van der Waals surface area contributed by atoms with Gasteiger partial charge in [0, 0.05) is 12.0 Å². The smallest absolute Gasteiger partial charge is 0.119 e. The van der Waals surface area contributed by atoms with Crippen molar-refractivity contribution in [3.8, 4) is 11.8 Å². The summed E-state index contributed by atoms with van der Waals surface area (Å²) in [5.41, 5.74) is 3.51. The molecule has 1 rings (SSSR count). The first-order valence-corrected chi connectivity index (χ1v) is 4.42. The Balaban J connectivity index is 2.59. The van der Waals surface area contributed by atoms with Crippen LogP contribution >= 0.6 is 0 Å². The predicted octanol–water partition coefficient (Wildman–Crippen LogP) is 2.13. The Kier molecular flexibility index (Phi) is 4.31. The van der Waals surface area contributed by atoms with Gasteiger partial charge in [-0.2, -0.15) is 0 Å². The monoisotopic (exact) mass is 184 g/mol. The molecular formula is C13H12O. The van der Waals surface area contributed by atoms with Crippen LogP contribution in [0, 0.1) is 11.8 Å². The molecule has 1 heteroatoms. The highest BCUT2D eigenvalue weighted by molar-refractivity contribution is 5.34. The lowest BCUT2D eigenvalue weighted by atomic mass is 10.2. The fourth-order valence-corrected chi connectivity index (χ4v) is 0.942. The Bertz CT molecular complexity index is 375. The van der Waals surface area contributed by atoms with E-state index < -0.39 is 6.10 Å². The van der Waals surface area contributed by atoms with Crippen LogP contribution in [0.4, 0.5) is 0 Å². The second kappa shape index (κ2) is 5.83. The number of hydrogen-bond donors (Lipinski definition) is 1. The summed E-state index contributed by atoms with van der Waals surface area (Å²) in [6, 6.07) is 9.58. The fraction of sp³-hybridized carbons (Fsp3) is 0.154. The van der Waals surface area contributed by atoms with E-state index in [4.69, 9.17) is 0 Å². The van der Waals surface area contributed by atoms with E-state index in [-0.39, 0.29) is 0 Å². The van der Waals surface area contributed by atoms with Crippen molar-refractivity contribution >= 4 is 0 Å². The standard InChI is InChI=1S/C13H12O/c1-2-3-9-13(14)11-10-12-7-5-4-6-8-12/h3-8,13-14H,1,9H2. The van der Waals surface area contributed by atoms with Crippen LogP contribution in [0.25, 0.3) is 0 Å². The zero-order valence-corrected chi connectivity index (χ0v) is 7.90. The summed E-state index contributed by atoms with van der Waals surface area (Å²) in [7, 11) is 0. The quantitative estimate of drug-likeness (QED) is 0.551. The summed E-state index contributed by atoms with van der Waals surface area (Å²) in [5, 5.41) is 9.37. The summed E-state index contributed by atoms with van der Waals surface area (Å²) >= 11 is 0. The first-order valence-electron chi connectivity index (χ1n) is 4.42. The predicted molar refractivity (Wildman–Crippen MR) is 57.7 cm³/mol. The number of hydrogen-bond acceptors (Lipinski definition) is 1. The van der Waals surface area contributed by atoms with E-state index in [0.717, 1.165) is 5.56 Å². The van der Waals surface area contributed by atoms with E-state index in [2.05, 4.69) is 24.2 Å². The minimum Gasteiger partial charge on any atom is -0.380 e. The molecule has 0 saturated carbocycles. The van der Waals surface area contributed by atoms with Gasteiger partial charge in [0.2, 0.25) is 0 Å². The van der Waals surface area contributed by atoms with Gasteiger partial charge in [-0.05, 0) is 18.2 Å². The summed E-state index contributed by atoms with van der Waals surface area (Å²) in [6.07, 6.45) is 1.51. The van der Waals surface area contributed by atoms with Gasteiger partial charge in [-0.15, -0.1) is 5.73 Å². The topological polar surface area (TPSA) is 20.2 Å². The summed E-state index contributed by atoms with van der Waals surface area (Å²) in [6.45, 7) is 3.41. The van der Waals surface area contributed by atoms with Crippen LogP contribution in [0.3, 0.4) is 0 Å². The van der Waals surface area contributed by atoms with E-state index >= 15 is 0 Å². The van der Waals surface area contributed by atoms with E-state index in [1.54, 1.807) is 6.08 Å². The first kappa shape index (κ1) is 10.3. The first-order chi connectivity index (χ1) is 6.83. The lowest BCUT2D eigenvalue weighted by molar-refractivity contribution is 0.236. The van der Waals surface area contributed by atoms with Crippen molar-refractivity contribution in [2.24, 2.45) is 0 Å². The Labute approximate surface area is 84.4 Å². The van der Waals surface area contributed by atoms with Crippen molar-refractivity contribution in [3.63, 3.8) is 0 Å². The highest BCUT2D eigenvalue weighted by Crippen LogP contribution is 1.96. The van der Waals surface area contributed by atoms with Gasteiger partial charge in [0.25, 0.3) is 0 Å². The fourth-order valence-electron chi connectivity index (χ4n) is 0.942. The van der Waals surface area contributed by atoms with Crippen molar-refractivity contribution in [1.29, 1.82) is 0 Å². The molecule has 1 aromatic rings. The maximum absolute atomic E-state index is 9.37. The molecule has 1 nitrogen and oxygen atoms in total. The highest BCUT2D eigenvalue weighted by Gasteiger charge is 1.93. The van der Waals surface area contributed by atoms with Gasteiger partial charge in [0.15, 0.2) is 0 Å². The molecule has 0 radical (unpaired) electrons. The molecular weight excluding hydrogens is 172 g/mol. The van der Waals surface area contributed by atoms with Gasteiger partial charge in [-0.3, -0.25) is 0 Å². The Morgan fingerprint density at radius 1 is 1.36 bits per heavy atom. The molecule has 1 aromatic carbocycles. The van der Waals surface area contributed by atoms with E-state index in [9.17, 15) is 5.11 Å². The highest BCUT2D eigenvalue weighted by atomic mass is 16.3. The van der Waals surface area contributed by atoms with Crippen LogP contribution in [0.15, 0.2) is 48.7 Å². The summed E-state index contributed by atoms with van der Waals surface area (Å²) in [5.74, 6) is 5.63. The molecule has 0 heterocycles. The Morgan fingerprint density at radius 2 is 2.07 bits per heavy atom. The van der Waals surface area contributed by atoms with Gasteiger partial charge in [-0.25, -0.2) is 0 Å². The molecule has 0 spiro atoms. The van der Waals surface area contributed by atoms with Gasteiger partial charge in [0.1, 0.15) is 6.10 Å². The SMILES string of the molecule is C=C=CCC(O)C#Cc1ccccc1. The van der Waals surface area contributed by atoms with Crippen molar-refractivity contribution < 1.29 is 5.11 Å². The van der Waals surface area contributed by atoms with E-state index in [1.807, 2.05) is 30.3 Å². The van der Waals surface area contributed by atoms with Crippen molar-refractivity contribution in [2.45, 2.75) is 12.5 Å². The van der Waals surface area contributed by atoms with Crippen molar-refractivity contribution in [2.75, 3.05) is 0 Å². The van der Waals surface area contributed by atoms with Crippen LogP contribution in [0.5, 0.6) is 0 Å². The largest absolute Gasteiger partial charge is 0.380 e. The summed E-state index contributed by atoms with van der Waals surface area (Å²) < 4.78 is 0. The lowest BCUT2D eigenvalue weighted by Crippen LogP contribution is -1.99. The summed E-state index contributed by atoms with van der Waals surface area (Å²) in [4.78, 5) is 0. The molecule has 0 aliphatic carbocycles. The van der Waals surface area contributed by atoms with Gasteiger partial charge >= 0.3 is 0 Å². The molecule has 0 saturated heterocycles. The number of aliphatic hydroxyl groups excluding tert-OH is 1. The number of benzene rings is 1. The normalized spacial score (nSPS) is 10.6. The molecule has 0 aromatic heterocycles. The molecule has 1 unspecified atom stereocenters. The molecule has 1 atom stereocenters. The van der Waals surface area contributed by atoms with Crippen LogP contribution in [-0.2, 0) is 0 Å². The van der Waals surface area contributed by atoms with Gasteiger partial charge in [0.05, 0.1) is 0 Å². The zero-order valence-electron chi connectivity index (χ0n) is 7.90. The Morgan fingerprint density at radius 3 is 2.71 bits per heavy atom.